The summed E-state index contributed by atoms with van der Waals surface area (Å²) in [6.45, 7) is 0.418. The summed E-state index contributed by atoms with van der Waals surface area (Å²) < 4.78 is 10.3. The van der Waals surface area contributed by atoms with Crippen LogP contribution in [0.15, 0.2) is 12.1 Å². The summed E-state index contributed by atoms with van der Waals surface area (Å²) in [5.74, 6) is -0.693. The first-order chi connectivity index (χ1) is 9.99. The van der Waals surface area contributed by atoms with E-state index in [-0.39, 0.29) is 16.5 Å². The highest BCUT2D eigenvalue weighted by Gasteiger charge is 2.34. The molecule has 0 spiro atoms. The number of aliphatic carboxylic acids is 1. The fourth-order valence-corrected chi connectivity index (χ4v) is 2.76. The maximum Gasteiger partial charge on any atom is 0.326 e. The molecule has 7 heteroatoms. The normalized spacial score (nSPS) is 17.7. The van der Waals surface area contributed by atoms with Gasteiger partial charge in [-0.05, 0) is 25.0 Å². The number of hydrogen-bond acceptors (Lipinski definition) is 4. The van der Waals surface area contributed by atoms with Gasteiger partial charge in [0.1, 0.15) is 6.04 Å². The average molecular weight is 314 g/mol. The highest BCUT2D eigenvalue weighted by molar-refractivity contribution is 6.32. The van der Waals surface area contributed by atoms with Gasteiger partial charge >= 0.3 is 5.97 Å². The van der Waals surface area contributed by atoms with Gasteiger partial charge in [-0.15, -0.1) is 0 Å². The van der Waals surface area contributed by atoms with Crippen molar-refractivity contribution in [3.8, 4) is 11.5 Å². The molecule has 1 saturated heterocycles. The zero-order chi connectivity index (χ0) is 15.6. The van der Waals surface area contributed by atoms with Gasteiger partial charge in [0, 0.05) is 12.1 Å². The van der Waals surface area contributed by atoms with Crippen LogP contribution in [0, 0.1) is 0 Å². The second kappa shape index (κ2) is 6.22. The molecule has 0 radical (unpaired) electrons. The number of amides is 1. The summed E-state index contributed by atoms with van der Waals surface area (Å²) in [4.78, 5) is 25.0. The van der Waals surface area contributed by atoms with Crippen molar-refractivity contribution in [2.45, 2.75) is 18.9 Å². The molecule has 1 unspecified atom stereocenters. The second-order valence-corrected chi connectivity index (χ2v) is 5.10. The van der Waals surface area contributed by atoms with E-state index in [4.69, 9.17) is 26.2 Å². The third kappa shape index (κ3) is 2.90. The smallest absolute Gasteiger partial charge is 0.326 e. The zero-order valence-electron chi connectivity index (χ0n) is 11.8. The number of carbonyl (C=O) groups excluding carboxylic acids is 1. The molecule has 1 aromatic carbocycles. The highest BCUT2D eigenvalue weighted by atomic mass is 35.5. The number of nitrogens with zero attached hydrogens (tertiary/aromatic N) is 1. The molecule has 1 amide bonds. The number of carboxylic acid groups (broad SMARTS) is 1. The lowest BCUT2D eigenvalue weighted by Crippen LogP contribution is -2.40. The number of halogens is 1. The molecule has 1 heterocycles. The predicted molar refractivity (Wildman–Crippen MR) is 76.3 cm³/mol. The summed E-state index contributed by atoms with van der Waals surface area (Å²) in [6, 6.07) is 2.18. The second-order valence-electron chi connectivity index (χ2n) is 4.69. The van der Waals surface area contributed by atoms with Crippen LogP contribution in [0.2, 0.25) is 5.02 Å². The maximum absolute atomic E-state index is 12.5. The van der Waals surface area contributed by atoms with Crippen LogP contribution >= 0.6 is 11.6 Å². The van der Waals surface area contributed by atoms with Crippen molar-refractivity contribution in [1.82, 2.24) is 4.90 Å². The molecule has 1 atom stereocenters. The molecule has 6 nitrogen and oxygen atoms in total. The van der Waals surface area contributed by atoms with Crippen molar-refractivity contribution in [3.05, 3.63) is 22.7 Å². The number of ether oxygens (including phenoxy) is 2. The summed E-state index contributed by atoms with van der Waals surface area (Å²) >= 11 is 6.07. The van der Waals surface area contributed by atoms with Crippen molar-refractivity contribution < 1.29 is 24.2 Å². The molecule has 0 saturated carbocycles. The summed E-state index contributed by atoms with van der Waals surface area (Å²) in [7, 11) is 2.89. The minimum atomic E-state index is -0.993. The Labute approximate surface area is 127 Å². The fourth-order valence-electron chi connectivity index (χ4n) is 2.47. The predicted octanol–water partition coefficient (Wildman–Crippen LogP) is 2.05. The molecule has 2 rings (SSSR count). The Morgan fingerprint density at radius 2 is 2.05 bits per heavy atom. The van der Waals surface area contributed by atoms with Crippen LogP contribution in [0.4, 0.5) is 0 Å². The molecule has 1 aromatic rings. The number of carbonyl (C=O) groups is 2. The van der Waals surface area contributed by atoms with Gasteiger partial charge in [0.15, 0.2) is 11.5 Å². The van der Waals surface area contributed by atoms with Gasteiger partial charge in [0.05, 0.1) is 19.2 Å². The SMILES string of the molecule is COc1cc(C(=O)N2CCCC2C(=O)O)cc(Cl)c1OC. The van der Waals surface area contributed by atoms with Crippen molar-refractivity contribution in [2.24, 2.45) is 0 Å². The van der Waals surface area contributed by atoms with E-state index in [1.54, 1.807) is 0 Å². The Kier molecular flexibility index (Phi) is 4.57. The first kappa shape index (κ1) is 15.4. The van der Waals surface area contributed by atoms with Crippen LogP contribution in [-0.4, -0.2) is 48.7 Å². The number of benzene rings is 1. The van der Waals surface area contributed by atoms with E-state index in [1.165, 1.54) is 31.3 Å². The molecule has 21 heavy (non-hydrogen) atoms. The quantitative estimate of drug-likeness (QED) is 0.920. The van der Waals surface area contributed by atoms with Crippen LogP contribution in [0.3, 0.4) is 0 Å². The number of rotatable bonds is 4. The van der Waals surface area contributed by atoms with Gasteiger partial charge in [-0.3, -0.25) is 4.79 Å². The molecule has 0 aromatic heterocycles. The number of hydrogen-bond donors (Lipinski definition) is 1. The molecule has 0 aliphatic carbocycles. The van der Waals surface area contributed by atoms with Crippen molar-refractivity contribution >= 4 is 23.5 Å². The third-order valence-electron chi connectivity index (χ3n) is 3.48. The molecule has 1 aliphatic heterocycles. The molecule has 1 aliphatic rings. The van der Waals surface area contributed by atoms with E-state index in [0.29, 0.717) is 30.9 Å². The van der Waals surface area contributed by atoms with Gasteiger partial charge in [-0.25, -0.2) is 4.79 Å². The minimum Gasteiger partial charge on any atom is -0.493 e. The first-order valence-corrected chi connectivity index (χ1v) is 6.82. The first-order valence-electron chi connectivity index (χ1n) is 6.45. The molecule has 1 N–H and O–H groups in total. The van der Waals surface area contributed by atoms with E-state index < -0.39 is 12.0 Å². The summed E-state index contributed by atoms with van der Waals surface area (Å²) in [5.41, 5.74) is 0.283. The van der Waals surface area contributed by atoms with E-state index >= 15 is 0 Å². The Balaban J connectivity index is 2.35. The lowest BCUT2D eigenvalue weighted by atomic mass is 10.1. The van der Waals surface area contributed by atoms with Crippen LogP contribution < -0.4 is 9.47 Å². The van der Waals surface area contributed by atoms with Gasteiger partial charge in [0.25, 0.3) is 5.91 Å². The Morgan fingerprint density at radius 3 is 2.62 bits per heavy atom. The monoisotopic (exact) mass is 313 g/mol. The number of carboxylic acids is 1. The average Bonchev–Trinajstić information content (AvgIpc) is 2.95. The molecule has 114 valence electrons. The maximum atomic E-state index is 12.5. The van der Waals surface area contributed by atoms with Crippen LogP contribution in [0.1, 0.15) is 23.2 Å². The van der Waals surface area contributed by atoms with Crippen LogP contribution in [0.5, 0.6) is 11.5 Å². The van der Waals surface area contributed by atoms with Crippen molar-refractivity contribution in [1.29, 1.82) is 0 Å². The van der Waals surface area contributed by atoms with Crippen LogP contribution in [-0.2, 0) is 4.79 Å². The van der Waals surface area contributed by atoms with Gasteiger partial charge in [-0.2, -0.15) is 0 Å². The third-order valence-corrected chi connectivity index (χ3v) is 3.76. The van der Waals surface area contributed by atoms with Crippen LogP contribution in [0.25, 0.3) is 0 Å². The lowest BCUT2D eigenvalue weighted by Gasteiger charge is -2.22. The van der Waals surface area contributed by atoms with Gasteiger partial charge in [0.2, 0.25) is 0 Å². The topological polar surface area (TPSA) is 76.1 Å². The van der Waals surface area contributed by atoms with E-state index in [9.17, 15) is 9.59 Å². The van der Waals surface area contributed by atoms with Crippen molar-refractivity contribution in [2.75, 3.05) is 20.8 Å². The van der Waals surface area contributed by atoms with E-state index in [2.05, 4.69) is 0 Å². The molecule has 1 fully saturated rings. The largest absolute Gasteiger partial charge is 0.493 e. The van der Waals surface area contributed by atoms with E-state index in [0.717, 1.165) is 0 Å². The van der Waals surface area contributed by atoms with E-state index in [1.807, 2.05) is 0 Å². The number of methoxy groups -OCH3 is 2. The van der Waals surface area contributed by atoms with Gasteiger partial charge < -0.3 is 19.5 Å². The van der Waals surface area contributed by atoms with Crippen molar-refractivity contribution in [3.63, 3.8) is 0 Å². The van der Waals surface area contributed by atoms with Gasteiger partial charge in [-0.1, -0.05) is 11.6 Å². The summed E-state index contributed by atoms with van der Waals surface area (Å²) in [6.07, 6.45) is 1.13. The molecule has 0 bridgehead atoms. The summed E-state index contributed by atoms with van der Waals surface area (Å²) in [5, 5.41) is 9.39. The fraction of sp³-hybridized carbons (Fsp3) is 0.429. The minimum absolute atomic E-state index is 0.242. The zero-order valence-corrected chi connectivity index (χ0v) is 12.5. The Bertz CT molecular complexity index is 575. The standard InChI is InChI=1S/C14H16ClNO5/c1-20-11-7-8(6-9(15)12(11)21-2)13(17)16-5-3-4-10(16)14(18)19/h6-7,10H,3-5H2,1-2H3,(H,18,19). The molecular formula is C14H16ClNO5. The number of likely N-dealkylation sites (tertiary alicyclic amines) is 1. The Hall–Kier alpha value is -1.95. The highest BCUT2D eigenvalue weighted by Crippen LogP contribution is 2.36. The Morgan fingerprint density at radius 1 is 1.33 bits per heavy atom. The molecular weight excluding hydrogens is 298 g/mol. The lowest BCUT2D eigenvalue weighted by molar-refractivity contribution is -0.141.